The van der Waals surface area contributed by atoms with Gasteiger partial charge in [-0.25, -0.2) is 0 Å². The molecule has 1 aliphatic rings. The lowest BCUT2D eigenvalue weighted by Gasteiger charge is -2.09. The maximum absolute atomic E-state index is 3.54. The maximum atomic E-state index is 3.54. The molecule has 0 aromatic heterocycles. The fourth-order valence-corrected chi connectivity index (χ4v) is 2.26. The summed E-state index contributed by atoms with van der Waals surface area (Å²) in [5, 5.41) is 4.69. The van der Waals surface area contributed by atoms with Gasteiger partial charge in [0.15, 0.2) is 0 Å². The van der Waals surface area contributed by atoms with Crippen LogP contribution in [0.4, 0.5) is 0 Å². The van der Waals surface area contributed by atoms with Gasteiger partial charge in [-0.3, -0.25) is 0 Å². The zero-order chi connectivity index (χ0) is 8.65. The summed E-state index contributed by atoms with van der Waals surface area (Å²) in [6.07, 6.45) is 8.48. The molecule has 0 unspecified atom stereocenters. The number of hydrogen-bond acceptors (Lipinski definition) is 1. The van der Waals surface area contributed by atoms with E-state index in [9.17, 15) is 0 Å². The molecular weight excluding hydrogens is 214 g/mol. The van der Waals surface area contributed by atoms with Crippen molar-refractivity contribution in [3.05, 3.63) is 0 Å². The molecular formula is C10H20BrN. The zero-order valence-electron chi connectivity index (χ0n) is 7.82. The number of hydrogen-bond donors (Lipinski definition) is 1. The molecule has 0 aromatic carbocycles. The van der Waals surface area contributed by atoms with Crippen LogP contribution in [0.2, 0.25) is 0 Å². The van der Waals surface area contributed by atoms with Gasteiger partial charge in [-0.2, -0.15) is 0 Å². The van der Waals surface area contributed by atoms with Crippen LogP contribution in [-0.2, 0) is 0 Å². The lowest BCUT2D eigenvalue weighted by atomic mass is 10.1. The highest BCUT2D eigenvalue weighted by Gasteiger charge is 2.13. The number of unbranched alkanes of at least 4 members (excludes halogenated alkanes) is 1. The summed E-state index contributed by atoms with van der Waals surface area (Å²) >= 11 is 3.44. The molecule has 0 saturated heterocycles. The van der Waals surface area contributed by atoms with E-state index in [1.807, 2.05) is 0 Å². The molecule has 0 amide bonds. The Morgan fingerprint density at radius 2 is 1.92 bits per heavy atom. The number of nitrogens with one attached hydrogen (secondary N) is 1. The van der Waals surface area contributed by atoms with E-state index in [1.54, 1.807) is 0 Å². The molecule has 0 atom stereocenters. The van der Waals surface area contributed by atoms with Crippen LogP contribution < -0.4 is 5.32 Å². The highest BCUT2D eigenvalue weighted by molar-refractivity contribution is 9.09. The topological polar surface area (TPSA) is 12.0 Å². The molecule has 2 heteroatoms. The molecule has 1 nitrogen and oxygen atoms in total. The van der Waals surface area contributed by atoms with E-state index < -0.39 is 0 Å². The Kier molecular flexibility index (Phi) is 6.05. The first-order valence-electron chi connectivity index (χ1n) is 5.20. The smallest absolute Gasteiger partial charge is 0.00317 e. The average molecular weight is 234 g/mol. The van der Waals surface area contributed by atoms with Crippen LogP contribution in [0.25, 0.3) is 0 Å². The largest absolute Gasteiger partial charge is 0.316 e. The van der Waals surface area contributed by atoms with Crippen molar-refractivity contribution in [2.45, 2.75) is 38.5 Å². The third-order valence-electron chi connectivity index (χ3n) is 2.64. The van der Waals surface area contributed by atoms with Gasteiger partial charge in [-0.1, -0.05) is 28.8 Å². The summed E-state index contributed by atoms with van der Waals surface area (Å²) in [7, 11) is 0. The van der Waals surface area contributed by atoms with E-state index in [1.165, 1.54) is 51.6 Å². The Morgan fingerprint density at radius 1 is 1.17 bits per heavy atom. The molecule has 1 rings (SSSR count). The quantitative estimate of drug-likeness (QED) is 0.550. The fourth-order valence-electron chi connectivity index (χ4n) is 1.87. The molecule has 1 N–H and O–H groups in total. The first-order chi connectivity index (χ1) is 5.93. The third kappa shape index (κ3) is 4.46. The predicted molar refractivity (Wildman–Crippen MR) is 57.9 cm³/mol. The first-order valence-corrected chi connectivity index (χ1v) is 6.32. The maximum Gasteiger partial charge on any atom is 0.00317 e. The van der Waals surface area contributed by atoms with Crippen molar-refractivity contribution in [3.63, 3.8) is 0 Å². The number of rotatable bonds is 6. The minimum Gasteiger partial charge on any atom is -0.316 e. The first kappa shape index (κ1) is 10.5. The Labute approximate surface area is 84.4 Å². The molecule has 1 saturated carbocycles. The summed E-state index contributed by atoms with van der Waals surface area (Å²) in [4.78, 5) is 0. The SMILES string of the molecule is BrCCCCNCC1CCCC1. The van der Waals surface area contributed by atoms with Crippen molar-refractivity contribution in [2.24, 2.45) is 5.92 Å². The van der Waals surface area contributed by atoms with Crippen LogP contribution in [0.1, 0.15) is 38.5 Å². The van der Waals surface area contributed by atoms with Gasteiger partial charge in [0.1, 0.15) is 0 Å². The lowest BCUT2D eigenvalue weighted by molar-refractivity contribution is 0.485. The molecule has 1 aliphatic carbocycles. The molecule has 0 spiro atoms. The fraction of sp³-hybridized carbons (Fsp3) is 1.00. The van der Waals surface area contributed by atoms with Crippen molar-refractivity contribution >= 4 is 15.9 Å². The molecule has 0 aliphatic heterocycles. The van der Waals surface area contributed by atoms with E-state index in [4.69, 9.17) is 0 Å². The summed E-state index contributed by atoms with van der Waals surface area (Å²) in [5.74, 6) is 0.994. The minimum atomic E-state index is 0.994. The van der Waals surface area contributed by atoms with E-state index in [2.05, 4.69) is 21.2 Å². The summed E-state index contributed by atoms with van der Waals surface area (Å²) < 4.78 is 0. The van der Waals surface area contributed by atoms with E-state index in [0.717, 1.165) is 11.2 Å². The highest BCUT2D eigenvalue weighted by atomic mass is 79.9. The average Bonchev–Trinajstić information content (AvgIpc) is 2.57. The Hall–Kier alpha value is 0.440. The molecule has 72 valence electrons. The summed E-state index contributed by atoms with van der Waals surface area (Å²) in [6, 6.07) is 0. The molecule has 1 fully saturated rings. The molecule has 0 heterocycles. The van der Waals surface area contributed by atoms with Gasteiger partial charge >= 0.3 is 0 Å². The standard InChI is InChI=1S/C10H20BrN/c11-7-3-4-8-12-9-10-5-1-2-6-10/h10,12H,1-9H2. The normalized spacial score (nSPS) is 18.8. The van der Waals surface area contributed by atoms with Crippen molar-refractivity contribution in [1.29, 1.82) is 0 Å². The lowest BCUT2D eigenvalue weighted by Crippen LogP contribution is -2.22. The predicted octanol–water partition coefficient (Wildman–Crippen LogP) is 2.94. The Balaban J connectivity index is 1.81. The number of alkyl halides is 1. The van der Waals surface area contributed by atoms with E-state index in [-0.39, 0.29) is 0 Å². The van der Waals surface area contributed by atoms with Crippen LogP contribution in [-0.4, -0.2) is 18.4 Å². The third-order valence-corrected chi connectivity index (χ3v) is 3.21. The molecule has 12 heavy (non-hydrogen) atoms. The summed E-state index contributed by atoms with van der Waals surface area (Å²) in [6.45, 7) is 2.48. The van der Waals surface area contributed by atoms with Gasteiger partial charge in [0.05, 0.1) is 0 Å². The van der Waals surface area contributed by atoms with Gasteiger partial charge in [0.2, 0.25) is 0 Å². The van der Waals surface area contributed by atoms with Crippen LogP contribution in [0.15, 0.2) is 0 Å². The molecule has 0 radical (unpaired) electrons. The monoisotopic (exact) mass is 233 g/mol. The second-order valence-corrected chi connectivity index (χ2v) is 4.54. The van der Waals surface area contributed by atoms with Gasteiger partial charge < -0.3 is 5.32 Å². The van der Waals surface area contributed by atoms with Crippen LogP contribution in [0, 0.1) is 5.92 Å². The molecule has 0 bridgehead atoms. The van der Waals surface area contributed by atoms with Crippen LogP contribution >= 0.6 is 15.9 Å². The Morgan fingerprint density at radius 3 is 2.58 bits per heavy atom. The highest BCUT2D eigenvalue weighted by Crippen LogP contribution is 2.23. The van der Waals surface area contributed by atoms with Crippen molar-refractivity contribution in [3.8, 4) is 0 Å². The van der Waals surface area contributed by atoms with Crippen LogP contribution in [0.5, 0.6) is 0 Å². The van der Waals surface area contributed by atoms with Gasteiger partial charge in [-0.15, -0.1) is 0 Å². The van der Waals surface area contributed by atoms with Gasteiger partial charge in [0.25, 0.3) is 0 Å². The van der Waals surface area contributed by atoms with E-state index in [0.29, 0.717) is 0 Å². The van der Waals surface area contributed by atoms with Crippen molar-refractivity contribution in [1.82, 2.24) is 5.32 Å². The Bertz CT molecular complexity index is 100. The number of halogens is 1. The van der Waals surface area contributed by atoms with Gasteiger partial charge in [-0.05, 0) is 44.7 Å². The van der Waals surface area contributed by atoms with Crippen LogP contribution in [0.3, 0.4) is 0 Å². The second kappa shape index (κ2) is 6.90. The van der Waals surface area contributed by atoms with Crippen molar-refractivity contribution < 1.29 is 0 Å². The minimum absolute atomic E-state index is 0.994. The molecule has 0 aromatic rings. The van der Waals surface area contributed by atoms with E-state index >= 15 is 0 Å². The summed E-state index contributed by atoms with van der Waals surface area (Å²) in [5.41, 5.74) is 0. The van der Waals surface area contributed by atoms with Crippen molar-refractivity contribution in [2.75, 3.05) is 18.4 Å². The van der Waals surface area contributed by atoms with Gasteiger partial charge in [0, 0.05) is 5.33 Å². The zero-order valence-corrected chi connectivity index (χ0v) is 9.41. The second-order valence-electron chi connectivity index (χ2n) is 3.75.